The Labute approximate surface area is 89.3 Å². The van der Waals surface area contributed by atoms with E-state index in [4.69, 9.17) is 4.74 Å². The standard InChI is InChI=1S/C11H16N2O2/c1-15-11-3-2-8(6-10(11)14)9-7-12-4-5-13-9/h2-3,6,9,12-14H,4-5,7H2,1H3/t9-/m1/s1. The number of phenols is 1. The number of phenolic OH excluding ortho intramolecular Hbond substituents is 1. The van der Waals surface area contributed by atoms with Crippen molar-refractivity contribution in [2.24, 2.45) is 0 Å². The van der Waals surface area contributed by atoms with Crippen molar-refractivity contribution in [1.82, 2.24) is 10.6 Å². The van der Waals surface area contributed by atoms with Crippen molar-refractivity contribution >= 4 is 0 Å². The van der Waals surface area contributed by atoms with Gasteiger partial charge in [0.25, 0.3) is 0 Å². The van der Waals surface area contributed by atoms with E-state index in [9.17, 15) is 5.11 Å². The zero-order valence-electron chi connectivity index (χ0n) is 8.79. The highest BCUT2D eigenvalue weighted by Crippen LogP contribution is 2.28. The van der Waals surface area contributed by atoms with Gasteiger partial charge in [-0.15, -0.1) is 0 Å². The van der Waals surface area contributed by atoms with Gasteiger partial charge in [0.15, 0.2) is 11.5 Å². The zero-order chi connectivity index (χ0) is 10.7. The van der Waals surface area contributed by atoms with Crippen molar-refractivity contribution in [3.05, 3.63) is 23.8 Å². The first-order chi connectivity index (χ1) is 7.31. The zero-order valence-corrected chi connectivity index (χ0v) is 8.79. The van der Waals surface area contributed by atoms with Crippen molar-refractivity contribution < 1.29 is 9.84 Å². The van der Waals surface area contributed by atoms with E-state index in [1.54, 1.807) is 19.2 Å². The van der Waals surface area contributed by atoms with Gasteiger partial charge < -0.3 is 20.5 Å². The van der Waals surface area contributed by atoms with Crippen LogP contribution in [0.5, 0.6) is 11.5 Å². The molecule has 0 bridgehead atoms. The number of hydrogen-bond acceptors (Lipinski definition) is 4. The first-order valence-electron chi connectivity index (χ1n) is 5.12. The maximum atomic E-state index is 9.65. The molecule has 82 valence electrons. The summed E-state index contributed by atoms with van der Waals surface area (Å²) in [6, 6.07) is 5.80. The number of benzene rings is 1. The van der Waals surface area contributed by atoms with E-state index in [0.29, 0.717) is 5.75 Å². The highest BCUT2D eigenvalue weighted by atomic mass is 16.5. The van der Waals surface area contributed by atoms with Crippen LogP contribution in [0.15, 0.2) is 18.2 Å². The molecule has 0 saturated carbocycles. The average molecular weight is 208 g/mol. The summed E-state index contributed by atoms with van der Waals surface area (Å²) in [5, 5.41) is 16.3. The van der Waals surface area contributed by atoms with Crippen molar-refractivity contribution in [3.63, 3.8) is 0 Å². The maximum Gasteiger partial charge on any atom is 0.160 e. The van der Waals surface area contributed by atoms with Crippen molar-refractivity contribution in [1.29, 1.82) is 0 Å². The average Bonchev–Trinajstić information content (AvgIpc) is 2.30. The van der Waals surface area contributed by atoms with Crippen LogP contribution in [-0.4, -0.2) is 31.9 Å². The first kappa shape index (κ1) is 10.3. The molecule has 0 amide bonds. The number of rotatable bonds is 2. The summed E-state index contributed by atoms with van der Waals surface area (Å²) < 4.78 is 5.00. The Hall–Kier alpha value is -1.26. The molecular formula is C11H16N2O2. The third kappa shape index (κ3) is 2.22. The molecule has 2 rings (SSSR count). The van der Waals surface area contributed by atoms with Gasteiger partial charge in [-0.1, -0.05) is 6.07 Å². The Morgan fingerprint density at radius 1 is 1.40 bits per heavy atom. The molecule has 1 aromatic carbocycles. The summed E-state index contributed by atoms with van der Waals surface area (Å²) in [6.07, 6.45) is 0. The van der Waals surface area contributed by atoms with E-state index in [1.807, 2.05) is 6.07 Å². The Morgan fingerprint density at radius 2 is 2.27 bits per heavy atom. The fourth-order valence-electron chi connectivity index (χ4n) is 1.81. The van der Waals surface area contributed by atoms with E-state index in [1.165, 1.54) is 0 Å². The Kier molecular flexibility index (Phi) is 3.08. The van der Waals surface area contributed by atoms with Crippen LogP contribution in [0.3, 0.4) is 0 Å². The molecule has 0 aliphatic carbocycles. The van der Waals surface area contributed by atoms with Crippen LogP contribution < -0.4 is 15.4 Å². The van der Waals surface area contributed by atoms with Crippen LogP contribution in [0, 0.1) is 0 Å². The van der Waals surface area contributed by atoms with Gasteiger partial charge in [-0.2, -0.15) is 0 Å². The van der Waals surface area contributed by atoms with Gasteiger partial charge in [-0.25, -0.2) is 0 Å². The minimum Gasteiger partial charge on any atom is -0.504 e. The molecule has 0 aromatic heterocycles. The molecule has 1 atom stereocenters. The van der Waals surface area contributed by atoms with Crippen LogP contribution in [0.25, 0.3) is 0 Å². The molecule has 0 spiro atoms. The van der Waals surface area contributed by atoms with Gasteiger partial charge in [-0.05, 0) is 17.7 Å². The molecule has 1 fully saturated rings. The lowest BCUT2D eigenvalue weighted by Gasteiger charge is -2.25. The maximum absolute atomic E-state index is 9.65. The number of ether oxygens (including phenoxy) is 1. The van der Waals surface area contributed by atoms with Crippen molar-refractivity contribution in [3.8, 4) is 11.5 Å². The van der Waals surface area contributed by atoms with E-state index >= 15 is 0 Å². The molecule has 0 radical (unpaired) electrons. The van der Waals surface area contributed by atoms with E-state index < -0.39 is 0 Å². The van der Waals surface area contributed by atoms with E-state index in [-0.39, 0.29) is 11.8 Å². The fourth-order valence-corrected chi connectivity index (χ4v) is 1.81. The summed E-state index contributed by atoms with van der Waals surface area (Å²) in [6.45, 7) is 2.85. The summed E-state index contributed by atoms with van der Waals surface area (Å²) in [5.74, 6) is 0.713. The predicted molar refractivity (Wildman–Crippen MR) is 58.3 cm³/mol. The van der Waals surface area contributed by atoms with Crippen LogP contribution in [0.4, 0.5) is 0 Å². The Balaban J connectivity index is 2.17. The smallest absolute Gasteiger partial charge is 0.160 e. The minimum atomic E-state index is 0.197. The number of methoxy groups -OCH3 is 1. The van der Waals surface area contributed by atoms with Gasteiger partial charge in [0.2, 0.25) is 0 Å². The van der Waals surface area contributed by atoms with Crippen LogP contribution >= 0.6 is 0 Å². The highest BCUT2D eigenvalue weighted by molar-refractivity contribution is 5.42. The summed E-state index contributed by atoms with van der Waals surface area (Å²) >= 11 is 0. The number of hydrogen-bond donors (Lipinski definition) is 3. The van der Waals surface area contributed by atoms with Crippen molar-refractivity contribution in [2.45, 2.75) is 6.04 Å². The largest absolute Gasteiger partial charge is 0.504 e. The second kappa shape index (κ2) is 4.51. The van der Waals surface area contributed by atoms with Gasteiger partial charge >= 0.3 is 0 Å². The van der Waals surface area contributed by atoms with E-state index in [0.717, 1.165) is 25.2 Å². The topological polar surface area (TPSA) is 53.5 Å². The number of piperazine rings is 1. The van der Waals surface area contributed by atoms with Gasteiger partial charge in [-0.3, -0.25) is 0 Å². The molecule has 4 heteroatoms. The minimum absolute atomic E-state index is 0.197. The molecule has 1 aliphatic heterocycles. The molecule has 15 heavy (non-hydrogen) atoms. The van der Waals surface area contributed by atoms with Crippen LogP contribution in [0.1, 0.15) is 11.6 Å². The monoisotopic (exact) mass is 208 g/mol. The molecular weight excluding hydrogens is 192 g/mol. The predicted octanol–water partition coefficient (Wildman–Crippen LogP) is 0.635. The molecule has 1 aliphatic rings. The third-order valence-corrected chi connectivity index (χ3v) is 2.65. The lowest BCUT2D eigenvalue weighted by atomic mass is 10.0. The molecule has 1 saturated heterocycles. The summed E-state index contributed by atoms with van der Waals surface area (Å²) in [4.78, 5) is 0. The van der Waals surface area contributed by atoms with Crippen molar-refractivity contribution in [2.75, 3.05) is 26.7 Å². The fraction of sp³-hybridized carbons (Fsp3) is 0.455. The SMILES string of the molecule is COc1ccc([C@H]2CNCCN2)cc1O. The Bertz CT molecular complexity index is 335. The summed E-state index contributed by atoms with van der Waals surface area (Å²) in [5.41, 5.74) is 1.08. The molecule has 0 unspecified atom stereocenters. The van der Waals surface area contributed by atoms with Gasteiger partial charge in [0, 0.05) is 25.7 Å². The highest BCUT2D eigenvalue weighted by Gasteiger charge is 2.15. The van der Waals surface area contributed by atoms with Gasteiger partial charge in [0.1, 0.15) is 0 Å². The molecule has 1 heterocycles. The lowest BCUT2D eigenvalue weighted by molar-refractivity contribution is 0.371. The number of nitrogens with one attached hydrogen (secondary N) is 2. The normalized spacial score (nSPS) is 21.3. The molecule has 1 aromatic rings. The number of aromatic hydroxyl groups is 1. The lowest BCUT2D eigenvalue weighted by Crippen LogP contribution is -2.42. The van der Waals surface area contributed by atoms with E-state index in [2.05, 4.69) is 10.6 Å². The molecule has 4 nitrogen and oxygen atoms in total. The van der Waals surface area contributed by atoms with Gasteiger partial charge in [0.05, 0.1) is 7.11 Å². The van der Waals surface area contributed by atoms with Crippen LogP contribution in [-0.2, 0) is 0 Å². The molecule has 3 N–H and O–H groups in total. The second-order valence-corrected chi connectivity index (χ2v) is 3.64. The van der Waals surface area contributed by atoms with Crippen LogP contribution in [0.2, 0.25) is 0 Å². The summed E-state index contributed by atoms with van der Waals surface area (Å²) in [7, 11) is 1.55. The Morgan fingerprint density at radius 3 is 2.87 bits per heavy atom. The third-order valence-electron chi connectivity index (χ3n) is 2.65. The first-order valence-corrected chi connectivity index (χ1v) is 5.12. The quantitative estimate of drug-likeness (QED) is 0.667. The second-order valence-electron chi connectivity index (χ2n) is 3.64.